The average Bonchev–Trinajstić information content (AvgIpc) is 2.87. The first kappa shape index (κ1) is 11.7. The summed E-state index contributed by atoms with van der Waals surface area (Å²) < 4.78 is 5.65. The highest BCUT2D eigenvalue weighted by Gasteiger charge is 2.18. The Morgan fingerprint density at radius 3 is 2.94 bits per heavy atom. The van der Waals surface area contributed by atoms with E-state index in [4.69, 9.17) is 0 Å². The van der Waals surface area contributed by atoms with Gasteiger partial charge in [-0.1, -0.05) is 0 Å². The molecule has 0 atom stereocenters. The van der Waals surface area contributed by atoms with Gasteiger partial charge in [0.25, 0.3) is 0 Å². The minimum Gasteiger partial charge on any atom is -0.464 e. The van der Waals surface area contributed by atoms with Crippen molar-refractivity contribution >= 4 is 11.7 Å². The molecule has 0 radical (unpaired) electrons. The van der Waals surface area contributed by atoms with E-state index >= 15 is 0 Å². The van der Waals surface area contributed by atoms with Gasteiger partial charge in [-0.2, -0.15) is 5.10 Å². The number of nitrogens with zero attached hydrogens (tertiary/aromatic N) is 4. The maximum absolute atomic E-state index is 11.2. The van der Waals surface area contributed by atoms with Gasteiger partial charge in [0, 0.05) is 18.5 Å². The molecule has 0 aliphatic carbocycles. The molecule has 0 spiro atoms. The molecule has 18 heavy (non-hydrogen) atoms. The van der Waals surface area contributed by atoms with Crippen LogP contribution in [0, 0.1) is 10.1 Å². The van der Waals surface area contributed by atoms with Gasteiger partial charge in [0.2, 0.25) is 5.82 Å². The number of pyridine rings is 1. The van der Waals surface area contributed by atoms with Gasteiger partial charge in [0.15, 0.2) is 5.69 Å². The Bertz CT molecular complexity index is 607. The minimum atomic E-state index is -0.618. The molecule has 2 aromatic rings. The van der Waals surface area contributed by atoms with Gasteiger partial charge in [-0.25, -0.2) is 14.5 Å². The van der Waals surface area contributed by atoms with Crippen molar-refractivity contribution < 1.29 is 14.5 Å². The predicted molar refractivity (Wildman–Crippen MR) is 59.4 cm³/mol. The largest absolute Gasteiger partial charge is 0.464 e. The summed E-state index contributed by atoms with van der Waals surface area (Å²) >= 11 is 0. The number of aromatic nitrogens is 3. The summed E-state index contributed by atoms with van der Waals surface area (Å²) in [5, 5.41) is 14.7. The Labute approximate surface area is 101 Å². The molecule has 0 unspecified atom stereocenters. The zero-order chi connectivity index (χ0) is 13.1. The maximum Gasteiger partial charge on any atom is 0.358 e. The number of rotatable bonds is 3. The van der Waals surface area contributed by atoms with E-state index in [1.54, 1.807) is 0 Å². The molecule has 2 aromatic heterocycles. The first-order chi connectivity index (χ1) is 8.63. The van der Waals surface area contributed by atoms with Gasteiger partial charge in [-0.05, 0) is 12.1 Å². The molecule has 8 heteroatoms. The molecule has 0 bridgehead atoms. The summed E-state index contributed by atoms with van der Waals surface area (Å²) in [6.45, 7) is 0. The van der Waals surface area contributed by atoms with Crippen molar-refractivity contribution in [3.8, 4) is 5.82 Å². The Balaban J connectivity index is 2.46. The fourth-order valence-electron chi connectivity index (χ4n) is 1.36. The number of hydrogen-bond donors (Lipinski definition) is 0. The molecule has 0 aliphatic heterocycles. The second kappa shape index (κ2) is 4.62. The molecule has 92 valence electrons. The molecule has 0 saturated heterocycles. The third-order valence-corrected chi connectivity index (χ3v) is 2.16. The highest BCUT2D eigenvalue weighted by atomic mass is 16.6. The van der Waals surface area contributed by atoms with Crippen LogP contribution in [-0.4, -0.2) is 32.8 Å². The van der Waals surface area contributed by atoms with Crippen LogP contribution in [0.4, 0.5) is 5.69 Å². The summed E-state index contributed by atoms with van der Waals surface area (Å²) in [7, 11) is 1.23. The molecule has 0 fully saturated rings. The van der Waals surface area contributed by atoms with E-state index < -0.39 is 10.9 Å². The van der Waals surface area contributed by atoms with Crippen molar-refractivity contribution in [3.63, 3.8) is 0 Å². The third kappa shape index (κ3) is 2.03. The topological polar surface area (TPSA) is 100 Å². The van der Waals surface area contributed by atoms with E-state index in [2.05, 4.69) is 14.8 Å². The van der Waals surface area contributed by atoms with Crippen molar-refractivity contribution in [3.05, 3.63) is 46.4 Å². The lowest BCUT2D eigenvalue weighted by Crippen LogP contribution is -2.06. The second-order valence-corrected chi connectivity index (χ2v) is 3.24. The summed E-state index contributed by atoms with van der Waals surface area (Å²) in [6, 6.07) is 4.15. The van der Waals surface area contributed by atoms with Gasteiger partial charge < -0.3 is 4.74 Å². The molecular formula is C10H8N4O4. The lowest BCUT2D eigenvalue weighted by atomic mass is 10.4. The fourth-order valence-corrected chi connectivity index (χ4v) is 1.36. The molecular weight excluding hydrogens is 240 g/mol. The summed E-state index contributed by atoms with van der Waals surface area (Å²) in [5.74, 6) is -0.579. The normalized spacial score (nSPS) is 10.1. The van der Waals surface area contributed by atoms with Gasteiger partial charge in [0.05, 0.1) is 12.0 Å². The number of esters is 1. The zero-order valence-corrected chi connectivity index (χ0v) is 9.31. The highest BCUT2D eigenvalue weighted by molar-refractivity contribution is 5.86. The first-order valence-corrected chi connectivity index (χ1v) is 4.87. The van der Waals surface area contributed by atoms with E-state index in [-0.39, 0.29) is 17.2 Å². The van der Waals surface area contributed by atoms with Crippen LogP contribution < -0.4 is 0 Å². The SMILES string of the molecule is COC(=O)c1ccn(-c2ncccc2[N+](=O)[O-])n1. The highest BCUT2D eigenvalue weighted by Crippen LogP contribution is 2.18. The van der Waals surface area contributed by atoms with Crippen molar-refractivity contribution in [2.75, 3.05) is 7.11 Å². The lowest BCUT2D eigenvalue weighted by Gasteiger charge is -2.00. The number of nitro groups is 1. The number of ether oxygens (including phenoxy) is 1. The van der Waals surface area contributed by atoms with Crippen LogP contribution in [0.5, 0.6) is 0 Å². The van der Waals surface area contributed by atoms with Gasteiger partial charge in [-0.15, -0.1) is 0 Å². The molecule has 0 saturated carbocycles. The standard InChI is InChI=1S/C10H8N4O4/c1-18-10(15)7-4-6-13(12-7)9-8(14(16)17)3-2-5-11-9/h2-6H,1H3. The minimum absolute atomic E-state index is 0.0395. The van der Waals surface area contributed by atoms with Crippen molar-refractivity contribution in [1.82, 2.24) is 14.8 Å². The molecule has 0 aliphatic rings. The quantitative estimate of drug-likeness (QED) is 0.455. The molecule has 2 rings (SSSR count). The van der Waals surface area contributed by atoms with Crippen LogP contribution in [0.3, 0.4) is 0 Å². The van der Waals surface area contributed by atoms with Crippen molar-refractivity contribution in [2.45, 2.75) is 0 Å². The van der Waals surface area contributed by atoms with Crippen LogP contribution >= 0.6 is 0 Å². The third-order valence-electron chi connectivity index (χ3n) is 2.16. The van der Waals surface area contributed by atoms with Crippen molar-refractivity contribution in [2.24, 2.45) is 0 Å². The maximum atomic E-state index is 11.2. The van der Waals surface area contributed by atoms with E-state index in [1.807, 2.05) is 0 Å². The summed E-state index contributed by atoms with van der Waals surface area (Å²) in [4.78, 5) is 25.4. The van der Waals surface area contributed by atoms with Crippen LogP contribution in [-0.2, 0) is 4.74 Å². The Kier molecular flexibility index (Phi) is 3.00. The fraction of sp³-hybridized carbons (Fsp3) is 0.100. The first-order valence-electron chi connectivity index (χ1n) is 4.87. The molecule has 0 amide bonds. The second-order valence-electron chi connectivity index (χ2n) is 3.24. The van der Waals surface area contributed by atoms with Crippen molar-refractivity contribution in [1.29, 1.82) is 0 Å². The Morgan fingerprint density at radius 1 is 1.50 bits per heavy atom. The van der Waals surface area contributed by atoms with E-state index in [0.717, 1.165) is 4.68 Å². The lowest BCUT2D eigenvalue weighted by molar-refractivity contribution is -0.384. The molecule has 0 N–H and O–H groups in total. The Hall–Kier alpha value is -2.77. The molecule has 8 nitrogen and oxygen atoms in total. The summed E-state index contributed by atoms with van der Waals surface area (Å²) in [6.07, 6.45) is 2.81. The van der Waals surface area contributed by atoms with Crippen LogP contribution in [0.25, 0.3) is 5.82 Å². The smallest absolute Gasteiger partial charge is 0.358 e. The number of carbonyl (C=O) groups is 1. The Morgan fingerprint density at radius 2 is 2.28 bits per heavy atom. The molecule has 0 aromatic carbocycles. The van der Waals surface area contributed by atoms with Crippen LogP contribution in [0.2, 0.25) is 0 Å². The van der Waals surface area contributed by atoms with Gasteiger partial charge >= 0.3 is 11.7 Å². The van der Waals surface area contributed by atoms with Crippen LogP contribution in [0.1, 0.15) is 10.5 Å². The van der Waals surface area contributed by atoms with Crippen LogP contribution in [0.15, 0.2) is 30.6 Å². The van der Waals surface area contributed by atoms with Gasteiger partial charge in [0.1, 0.15) is 0 Å². The zero-order valence-electron chi connectivity index (χ0n) is 9.31. The molecule has 2 heterocycles. The number of hydrogen-bond acceptors (Lipinski definition) is 6. The predicted octanol–water partition coefficient (Wildman–Crippen LogP) is 0.962. The number of methoxy groups -OCH3 is 1. The van der Waals surface area contributed by atoms with E-state index in [0.29, 0.717) is 0 Å². The van der Waals surface area contributed by atoms with E-state index in [9.17, 15) is 14.9 Å². The summed E-state index contributed by atoms with van der Waals surface area (Å²) in [5.41, 5.74) is -0.144. The van der Waals surface area contributed by atoms with Gasteiger partial charge in [-0.3, -0.25) is 10.1 Å². The average molecular weight is 248 g/mol. The number of carbonyl (C=O) groups excluding carboxylic acids is 1. The van der Waals surface area contributed by atoms with E-state index in [1.165, 1.54) is 37.7 Å². The monoisotopic (exact) mass is 248 g/mol.